The molecule has 0 saturated carbocycles. The highest BCUT2D eigenvalue weighted by molar-refractivity contribution is 5.81. The maximum atomic E-state index is 11.3. The van der Waals surface area contributed by atoms with E-state index in [-0.39, 0.29) is 11.8 Å². The average molecular weight is 202 g/mol. The summed E-state index contributed by atoms with van der Waals surface area (Å²) >= 11 is 0. The van der Waals surface area contributed by atoms with Crippen LogP contribution in [0.2, 0.25) is 0 Å². The molecule has 0 unspecified atom stereocenters. The van der Waals surface area contributed by atoms with E-state index < -0.39 is 6.04 Å². The van der Waals surface area contributed by atoms with Crippen molar-refractivity contribution in [2.45, 2.75) is 33.2 Å². The molecular weight excluding hydrogens is 180 g/mol. The third-order valence-corrected chi connectivity index (χ3v) is 1.99. The van der Waals surface area contributed by atoms with Crippen LogP contribution < -0.4 is 11.1 Å². The number of nitrogens with two attached hydrogens (primary N) is 1. The number of hydrogen-bond donors (Lipinski definition) is 2. The van der Waals surface area contributed by atoms with E-state index in [1.807, 2.05) is 20.8 Å². The summed E-state index contributed by atoms with van der Waals surface area (Å²) in [5.74, 6) is 0.110. The summed E-state index contributed by atoms with van der Waals surface area (Å²) in [4.78, 5) is 11.3. The van der Waals surface area contributed by atoms with Crippen LogP contribution in [0.25, 0.3) is 0 Å². The van der Waals surface area contributed by atoms with Crippen LogP contribution in [-0.2, 0) is 9.53 Å². The minimum absolute atomic E-state index is 0.0727. The van der Waals surface area contributed by atoms with Gasteiger partial charge in [-0.2, -0.15) is 0 Å². The molecule has 0 saturated heterocycles. The Morgan fingerprint density at radius 1 is 1.50 bits per heavy atom. The summed E-state index contributed by atoms with van der Waals surface area (Å²) in [5, 5.41) is 2.78. The third-order valence-electron chi connectivity index (χ3n) is 1.99. The summed E-state index contributed by atoms with van der Waals surface area (Å²) in [6, 6.07) is -0.401. The Balaban J connectivity index is 3.44. The Bertz CT molecular complexity index is 160. The molecule has 1 amide bonds. The van der Waals surface area contributed by atoms with E-state index in [2.05, 4.69) is 5.32 Å². The summed E-state index contributed by atoms with van der Waals surface area (Å²) in [7, 11) is 0. The summed E-state index contributed by atoms with van der Waals surface area (Å²) in [6.45, 7) is 7.87. The first-order chi connectivity index (χ1) is 6.59. The van der Waals surface area contributed by atoms with Crippen LogP contribution in [0.4, 0.5) is 0 Å². The van der Waals surface area contributed by atoms with Crippen LogP contribution in [0.15, 0.2) is 0 Å². The van der Waals surface area contributed by atoms with Gasteiger partial charge >= 0.3 is 0 Å². The largest absolute Gasteiger partial charge is 0.382 e. The van der Waals surface area contributed by atoms with Crippen LogP contribution in [0.1, 0.15) is 27.2 Å². The molecule has 0 aromatic rings. The zero-order valence-electron chi connectivity index (χ0n) is 9.38. The predicted molar refractivity (Wildman–Crippen MR) is 56.9 cm³/mol. The van der Waals surface area contributed by atoms with Crippen LogP contribution >= 0.6 is 0 Å². The molecule has 0 heterocycles. The average Bonchev–Trinajstić information content (AvgIpc) is 2.16. The van der Waals surface area contributed by atoms with Crippen molar-refractivity contribution in [3.05, 3.63) is 0 Å². The normalized spacial score (nSPS) is 12.9. The first-order valence-corrected chi connectivity index (χ1v) is 5.20. The van der Waals surface area contributed by atoms with Gasteiger partial charge in [0.05, 0.1) is 6.04 Å². The second-order valence-electron chi connectivity index (χ2n) is 3.61. The van der Waals surface area contributed by atoms with Gasteiger partial charge in [-0.25, -0.2) is 0 Å². The van der Waals surface area contributed by atoms with Crippen molar-refractivity contribution in [2.75, 3.05) is 19.8 Å². The lowest BCUT2D eigenvalue weighted by molar-refractivity contribution is -0.123. The number of nitrogens with one attached hydrogen (secondary N) is 1. The van der Waals surface area contributed by atoms with Crippen LogP contribution in [0, 0.1) is 5.92 Å². The van der Waals surface area contributed by atoms with Crippen molar-refractivity contribution < 1.29 is 9.53 Å². The number of carbonyl (C=O) groups is 1. The maximum Gasteiger partial charge on any atom is 0.237 e. The molecule has 0 rings (SSSR count). The van der Waals surface area contributed by atoms with Gasteiger partial charge in [0.15, 0.2) is 0 Å². The molecule has 4 heteroatoms. The number of carbonyl (C=O) groups excluding carboxylic acids is 1. The van der Waals surface area contributed by atoms with E-state index in [1.165, 1.54) is 0 Å². The van der Waals surface area contributed by atoms with E-state index >= 15 is 0 Å². The zero-order chi connectivity index (χ0) is 11.0. The monoisotopic (exact) mass is 202 g/mol. The second-order valence-corrected chi connectivity index (χ2v) is 3.61. The Morgan fingerprint density at radius 2 is 2.14 bits per heavy atom. The SMILES string of the molecule is CCOCCCNC(=O)[C@H](N)C(C)C. The van der Waals surface area contributed by atoms with Gasteiger partial charge in [-0.15, -0.1) is 0 Å². The molecule has 0 radical (unpaired) electrons. The lowest BCUT2D eigenvalue weighted by Gasteiger charge is -2.15. The van der Waals surface area contributed by atoms with E-state index in [0.717, 1.165) is 13.0 Å². The van der Waals surface area contributed by atoms with Gasteiger partial charge in [0.2, 0.25) is 5.91 Å². The van der Waals surface area contributed by atoms with Crippen LogP contribution in [-0.4, -0.2) is 31.7 Å². The van der Waals surface area contributed by atoms with Gasteiger partial charge in [0, 0.05) is 19.8 Å². The molecule has 0 spiro atoms. The number of rotatable bonds is 7. The quantitative estimate of drug-likeness (QED) is 0.591. The van der Waals surface area contributed by atoms with Crippen molar-refractivity contribution in [1.82, 2.24) is 5.32 Å². The van der Waals surface area contributed by atoms with Gasteiger partial charge in [-0.05, 0) is 19.3 Å². The van der Waals surface area contributed by atoms with Crippen molar-refractivity contribution in [2.24, 2.45) is 11.7 Å². The Morgan fingerprint density at radius 3 is 2.64 bits per heavy atom. The molecule has 0 fully saturated rings. The maximum absolute atomic E-state index is 11.3. The highest BCUT2D eigenvalue weighted by atomic mass is 16.5. The molecular formula is C10H22N2O2. The first-order valence-electron chi connectivity index (χ1n) is 5.20. The molecule has 3 N–H and O–H groups in total. The second kappa shape index (κ2) is 7.76. The minimum atomic E-state index is -0.401. The highest BCUT2D eigenvalue weighted by Gasteiger charge is 2.15. The van der Waals surface area contributed by atoms with Crippen molar-refractivity contribution >= 4 is 5.91 Å². The molecule has 4 nitrogen and oxygen atoms in total. The van der Waals surface area contributed by atoms with Gasteiger partial charge in [0.25, 0.3) is 0 Å². The lowest BCUT2D eigenvalue weighted by atomic mass is 10.1. The predicted octanol–water partition coefficient (Wildman–Crippen LogP) is 0.513. The minimum Gasteiger partial charge on any atom is -0.382 e. The van der Waals surface area contributed by atoms with E-state index in [1.54, 1.807) is 0 Å². The molecule has 0 aliphatic carbocycles. The van der Waals surface area contributed by atoms with E-state index in [0.29, 0.717) is 13.2 Å². The molecule has 84 valence electrons. The van der Waals surface area contributed by atoms with Crippen LogP contribution in [0.5, 0.6) is 0 Å². The number of hydrogen-bond acceptors (Lipinski definition) is 3. The molecule has 14 heavy (non-hydrogen) atoms. The molecule has 0 bridgehead atoms. The Labute approximate surface area is 86.2 Å². The van der Waals surface area contributed by atoms with Crippen LogP contribution in [0.3, 0.4) is 0 Å². The van der Waals surface area contributed by atoms with Crippen molar-refractivity contribution in [3.63, 3.8) is 0 Å². The zero-order valence-corrected chi connectivity index (χ0v) is 9.38. The fraction of sp³-hybridized carbons (Fsp3) is 0.900. The Hall–Kier alpha value is -0.610. The smallest absolute Gasteiger partial charge is 0.237 e. The van der Waals surface area contributed by atoms with Gasteiger partial charge in [-0.3, -0.25) is 4.79 Å². The van der Waals surface area contributed by atoms with Gasteiger partial charge < -0.3 is 15.8 Å². The lowest BCUT2D eigenvalue weighted by Crippen LogP contribution is -2.44. The van der Waals surface area contributed by atoms with Gasteiger partial charge in [-0.1, -0.05) is 13.8 Å². The number of amides is 1. The van der Waals surface area contributed by atoms with Gasteiger partial charge in [0.1, 0.15) is 0 Å². The van der Waals surface area contributed by atoms with E-state index in [9.17, 15) is 4.79 Å². The molecule has 0 aliphatic rings. The highest BCUT2D eigenvalue weighted by Crippen LogP contribution is 1.97. The molecule has 0 aliphatic heterocycles. The summed E-state index contributed by atoms with van der Waals surface area (Å²) in [6.07, 6.45) is 0.838. The standard InChI is InChI=1S/C10H22N2O2/c1-4-14-7-5-6-12-10(13)9(11)8(2)3/h8-9H,4-7,11H2,1-3H3,(H,12,13)/t9-/m1/s1. The molecule has 0 aromatic heterocycles. The van der Waals surface area contributed by atoms with Crippen molar-refractivity contribution in [1.29, 1.82) is 0 Å². The third kappa shape index (κ3) is 5.94. The van der Waals surface area contributed by atoms with E-state index in [4.69, 9.17) is 10.5 Å². The fourth-order valence-electron chi connectivity index (χ4n) is 0.951. The Kier molecular flexibility index (Phi) is 7.42. The summed E-state index contributed by atoms with van der Waals surface area (Å²) < 4.78 is 5.14. The van der Waals surface area contributed by atoms with Crippen molar-refractivity contribution in [3.8, 4) is 0 Å². The summed E-state index contributed by atoms with van der Waals surface area (Å²) in [5.41, 5.74) is 5.66. The number of ether oxygens (including phenoxy) is 1. The molecule has 1 atom stereocenters. The fourth-order valence-corrected chi connectivity index (χ4v) is 0.951. The first kappa shape index (κ1) is 13.4. The molecule has 0 aromatic carbocycles. The topological polar surface area (TPSA) is 64.3 Å².